The number of aromatic nitrogens is 2. The Morgan fingerprint density at radius 3 is 2.55 bits per heavy atom. The van der Waals surface area contributed by atoms with Crippen LogP contribution in [-0.4, -0.2) is 77.3 Å². The van der Waals surface area contributed by atoms with Crippen molar-refractivity contribution in [2.75, 3.05) is 26.3 Å². The highest BCUT2D eigenvalue weighted by molar-refractivity contribution is 7.89. The van der Waals surface area contributed by atoms with Crippen molar-refractivity contribution in [1.82, 2.24) is 14.5 Å². The molecule has 1 aromatic heterocycles. The van der Waals surface area contributed by atoms with E-state index in [0.717, 1.165) is 28.6 Å². The lowest BCUT2D eigenvalue weighted by Crippen LogP contribution is -2.48. The molecule has 1 aromatic carbocycles. The van der Waals surface area contributed by atoms with Crippen molar-refractivity contribution in [2.45, 2.75) is 22.9 Å². The molecule has 2 atom stereocenters. The number of β-amino-alcohol motifs (C(OH)–C–C–N with tert-alkyl or cyclic N) is 1. The molecule has 0 aliphatic carbocycles. The van der Waals surface area contributed by atoms with Gasteiger partial charge < -0.3 is 19.7 Å². The van der Waals surface area contributed by atoms with Crippen LogP contribution in [-0.2, 0) is 10.0 Å². The molecule has 1 saturated heterocycles. The molecule has 1 aliphatic heterocycles. The number of hydrogen-bond donors (Lipinski definition) is 2. The topological polar surface area (TPSA) is 146 Å². The fraction of sp³-hybridized carbons (Fsp3) is 0.389. The Labute approximate surface area is 184 Å². The molecule has 0 bridgehead atoms. The van der Waals surface area contributed by atoms with E-state index >= 15 is 0 Å². The second kappa shape index (κ2) is 9.06. The molecule has 0 unspecified atom stereocenters. The minimum atomic E-state index is -4.62. The summed E-state index contributed by atoms with van der Waals surface area (Å²) >= 11 is 0. The molecule has 10 nitrogen and oxygen atoms in total. The Morgan fingerprint density at radius 1 is 1.27 bits per heavy atom. The Kier molecular flexibility index (Phi) is 6.75. The summed E-state index contributed by atoms with van der Waals surface area (Å²) < 4.78 is 86.8. The maximum Gasteiger partial charge on any atom is 0.422 e. The van der Waals surface area contributed by atoms with Crippen LogP contribution in [0.25, 0.3) is 0 Å². The van der Waals surface area contributed by atoms with Crippen molar-refractivity contribution in [1.29, 1.82) is 5.26 Å². The first kappa shape index (κ1) is 24.6. The highest BCUT2D eigenvalue weighted by Crippen LogP contribution is 2.31. The standard InChI is InChI=1S/C18H16F4N4O6S/c19-13-5-12(2-1-11(13)6-23)32-14-7-26(8-17(14,28)9-27)33(29,30)16-4-3-15(24-25-16)31-10-18(20,21)22/h1-5,14,27-28H,7-10H2/t14-,17+/m0/s1. The normalized spacial score (nSPS) is 21.5. The van der Waals surface area contributed by atoms with Crippen molar-refractivity contribution >= 4 is 10.0 Å². The van der Waals surface area contributed by atoms with Crippen molar-refractivity contribution in [3.05, 3.63) is 41.7 Å². The zero-order valence-electron chi connectivity index (χ0n) is 16.5. The van der Waals surface area contributed by atoms with Gasteiger partial charge in [-0.25, -0.2) is 12.8 Å². The zero-order chi connectivity index (χ0) is 24.4. The molecule has 0 radical (unpaired) electrons. The number of ether oxygens (including phenoxy) is 2. The first-order valence-electron chi connectivity index (χ1n) is 9.11. The predicted octanol–water partition coefficient (Wildman–Crippen LogP) is 0.604. The van der Waals surface area contributed by atoms with Crippen molar-refractivity contribution in [3.8, 4) is 17.7 Å². The van der Waals surface area contributed by atoms with Gasteiger partial charge in [0.25, 0.3) is 10.0 Å². The van der Waals surface area contributed by atoms with Gasteiger partial charge in [-0.2, -0.15) is 22.7 Å². The van der Waals surface area contributed by atoms with E-state index in [-0.39, 0.29) is 11.3 Å². The van der Waals surface area contributed by atoms with Gasteiger partial charge in [0.1, 0.15) is 29.3 Å². The first-order chi connectivity index (χ1) is 15.4. The van der Waals surface area contributed by atoms with E-state index in [1.54, 1.807) is 6.07 Å². The van der Waals surface area contributed by atoms with Gasteiger partial charge in [-0.3, -0.25) is 0 Å². The summed E-state index contributed by atoms with van der Waals surface area (Å²) in [7, 11) is -4.41. The Morgan fingerprint density at radius 2 is 2.00 bits per heavy atom. The molecule has 2 heterocycles. The number of sulfonamides is 1. The molecular formula is C18H16F4N4O6S. The highest BCUT2D eigenvalue weighted by atomic mass is 32.2. The summed E-state index contributed by atoms with van der Waals surface area (Å²) in [6.07, 6.45) is -5.95. The molecule has 0 spiro atoms. The van der Waals surface area contributed by atoms with Gasteiger partial charge in [0.05, 0.1) is 18.7 Å². The van der Waals surface area contributed by atoms with E-state index in [0.29, 0.717) is 0 Å². The van der Waals surface area contributed by atoms with Gasteiger partial charge in [-0.15, -0.1) is 10.2 Å². The Balaban J connectivity index is 1.77. The summed E-state index contributed by atoms with van der Waals surface area (Å²) in [6.45, 7) is -3.64. The van der Waals surface area contributed by atoms with Gasteiger partial charge in [-0.05, 0) is 18.2 Å². The summed E-state index contributed by atoms with van der Waals surface area (Å²) in [4.78, 5) is 0. The first-order valence-corrected chi connectivity index (χ1v) is 10.5. The molecule has 0 amide bonds. The van der Waals surface area contributed by atoms with Crippen LogP contribution in [0, 0.1) is 17.1 Å². The van der Waals surface area contributed by atoms with E-state index in [1.165, 1.54) is 6.07 Å². The molecule has 178 valence electrons. The average Bonchev–Trinajstić information content (AvgIpc) is 3.10. The van der Waals surface area contributed by atoms with Gasteiger partial charge in [0, 0.05) is 18.7 Å². The van der Waals surface area contributed by atoms with Crippen molar-refractivity contribution < 1.29 is 45.7 Å². The lowest BCUT2D eigenvalue weighted by molar-refractivity contribution is -0.154. The third-order valence-electron chi connectivity index (χ3n) is 4.64. The average molecular weight is 492 g/mol. The SMILES string of the molecule is N#Cc1ccc(O[C@H]2CN(S(=O)(=O)c3ccc(OCC(F)(F)F)nn3)C[C@@]2(O)CO)cc1F. The molecule has 15 heteroatoms. The van der Waals surface area contributed by atoms with Crippen molar-refractivity contribution in [2.24, 2.45) is 0 Å². The molecule has 1 aliphatic rings. The van der Waals surface area contributed by atoms with E-state index in [1.807, 2.05) is 0 Å². The van der Waals surface area contributed by atoms with Crippen LogP contribution < -0.4 is 9.47 Å². The van der Waals surface area contributed by atoms with Gasteiger partial charge >= 0.3 is 6.18 Å². The molecule has 0 saturated carbocycles. The quantitative estimate of drug-likeness (QED) is 0.531. The monoisotopic (exact) mass is 492 g/mol. The van der Waals surface area contributed by atoms with Crippen LogP contribution in [0.4, 0.5) is 17.6 Å². The van der Waals surface area contributed by atoms with Crippen LogP contribution in [0.2, 0.25) is 0 Å². The van der Waals surface area contributed by atoms with Crippen LogP contribution in [0.15, 0.2) is 35.4 Å². The molecule has 1 fully saturated rings. The summed E-state index contributed by atoms with van der Waals surface area (Å²) in [6, 6.07) is 6.62. The number of nitrogens with zero attached hydrogens (tertiary/aromatic N) is 4. The fourth-order valence-electron chi connectivity index (χ4n) is 2.94. The number of rotatable bonds is 7. The lowest BCUT2D eigenvalue weighted by atomic mass is 10.0. The van der Waals surface area contributed by atoms with E-state index < -0.39 is 70.9 Å². The Hall–Kier alpha value is -3.06. The van der Waals surface area contributed by atoms with Gasteiger partial charge in [0.15, 0.2) is 11.6 Å². The maximum atomic E-state index is 13.8. The third kappa shape index (κ3) is 5.47. The number of alkyl halides is 3. The van der Waals surface area contributed by atoms with E-state index in [9.17, 15) is 36.2 Å². The maximum absolute atomic E-state index is 13.8. The summed E-state index contributed by atoms with van der Waals surface area (Å²) in [5.41, 5.74) is -2.32. The van der Waals surface area contributed by atoms with Crippen molar-refractivity contribution in [3.63, 3.8) is 0 Å². The second-order valence-electron chi connectivity index (χ2n) is 7.03. The molecular weight excluding hydrogens is 476 g/mol. The number of aliphatic hydroxyl groups is 2. The predicted molar refractivity (Wildman–Crippen MR) is 99.9 cm³/mol. The zero-order valence-corrected chi connectivity index (χ0v) is 17.3. The lowest BCUT2D eigenvalue weighted by Gasteiger charge is -2.27. The second-order valence-corrected chi connectivity index (χ2v) is 8.92. The number of nitriles is 1. The highest BCUT2D eigenvalue weighted by Gasteiger charge is 2.51. The molecule has 33 heavy (non-hydrogen) atoms. The number of hydrogen-bond acceptors (Lipinski definition) is 9. The summed E-state index contributed by atoms with van der Waals surface area (Å²) in [5, 5.41) is 35.1. The number of aliphatic hydroxyl groups excluding tert-OH is 1. The Bertz CT molecular complexity index is 1160. The molecule has 2 N–H and O–H groups in total. The summed E-state index contributed by atoms with van der Waals surface area (Å²) in [5.74, 6) is -1.56. The van der Waals surface area contributed by atoms with E-state index in [4.69, 9.17) is 10.00 Å². The fourth-order valence-corrected chi connectivity index (χ4v) is 4.32. The van der Waals surface area contributed by atoms with Gasteiger partial charge in [0.2, 0.25) is 5.88 Å². The minimum absolute atomic E-state index is 0.117. The van der Waals surface area contributed by atoms with Crippen LogP contribution in [0.5, 0.6) is 11.6 Å². The smallest absolute Gasteiger partial charge is 0.422 e. The van der Waals surface area contributed by atoms with Gasteiger partial charge in [-0.1, -0.05) is 0 Å². The number of halogens is 4. The van der Waals surface area contributed by atoms with Crippen LogP contribution >= 0.6 is 0 Å². The largest absolute Gasteiger partial charge is 0.486 e. The van der Waals surface area contributed by atoms with E-state index in [2.05, 4.69) is 14.9 Å². The van der Waals surface area contributed by atoms with Crippen LogP contribution in [0.3, 0.4) is 0 Å². The minimum Gasteiger partial charge on any atom is -0.486 e. The molecule has 3 rings (SSSR count). The number of benzene rings is 1. The van der Waals surface area contributed by atoms with Crippen LogP contribution in [0.1, 0.15) is 5.56 Å². The third-order valence-corrected chi connectivity index (χ3v) is 6.34. The molecule has 2 aromatic rings.